The van der Waals surface area contributed by atoms with E-state index in [1.54, 1.807) is 24.3 Å². The summed E-state index contributed by atoms with van der Waals surface area (Å²) in [6.45, 7) is 3.87. The Kier molecular flexibility index (Phi) is 4.24. The Labute approximate surface area is 116 Å². The largest absolute Gasteiger partial charge is 0.511 e. The van der Waals surface area contributed by atoms with E-state index in [4.69, 9.17) is 14.6 Å². The van der Waals surface area contributed by atoms with Crippen LogP contribution in [0.1, 0.15) is 19.4 Å². The minimum absolute atomic E-state index is 0.137. The number of nitrogens with one attached hydrogen (secondary N) is 1. The van der Waals surface area contributed by atoms with Gasteiger partial charge in [-0.2, -0.15) is 0 Å². The van der Waals surface area contributed by atoms with Gasteiger partial charge in [0.1, 0.15) is 11.8 Å². The highest BCUT2D eigenvalue weighted by Crippen LogP contribution is 2.23. The molecule has 0 spiro atoms. The van der Waals surface area contributed by atoms with Gasteiger partial charge in [0.25, 0.3) is 0 Å². The molecule has 1 aliphatic rings. The number of hydrogen-bond donors (Lipinski definition) is 2. The third-order valence-corrected chi connectivity index (χ3v) is 3.12. The molecule has 0 saturated carbocycles. The Bertz CT molecular complexity index is 514. The third kappa shape index (κ3) is 3.27. The summed E-state index contributed by atoms with van der Waals surface area (Å²) in [7, 11) is 0. The van der Waals surface area contributed by atoms with Crippen molar-refractivity contribution in [3.05, 3.63) is 29.8 Å². The van der Waals surface area contributed by atoms with Crippen LogP contribution in [0.25, 0.3) is 0 Å². The first-order valence-corrected chi connectivity index (χ1v) is 6.42. The van der Waals surface area contributed by atoms with Crippen LogP contribution < -0.4 is 10.1 Å². The summed E-state index contributed by atoms with van der Waals surface area (Å²) in [5.41, 5.74) is 0.671. The highest BCUT2D eigenvalue weighted by molar-refractivity contribution is 5.78. The van der Waals surface area contributed by atoms with Gasteiger partial charge in [-0.15, -0.1) is 0 Å². The van der Waals surface area contributed by atoms with Gasteiger partial charge in [0.05, 0.1) is 0 Å². The fraction of sp³-hybridized carbons (Fsp3) is 0.429. The molecule has 6 heteroatoms. The standard InChI is InChI=1S/C14H17NO5/c1-8(2)12-13(16)20-11(15-12)7-9-5-3-4-6-10(9)19-14(17)18/h3-6,8,11-12,15H,7H2,1-2H3,(H,17,18)/t11?,12-/m0/s1. The molecule has 108 valence electrons. The maximum Gasteiger partial charge on any atom is 0.511 e. The summed E-state index contributed by atoms with van der Waals surface area (Å²) in [6.07, 6.45) is -1.47. The number of carboxylic acid groups (broad SMARTS) is 1. The number of para-hydroxylation sites is 1. The molecule has 0 amide bonds. The fourth-order valence-corrected chi connectivity index (χ4v) is 2.15. The lowest BCUT2D eigenvalue weighted by molar-refractivity contribution is -0.143. The van der Waals surface area contributed by atoms with Crippen molar-refractivity contribution in [1.29, 1.82) is 0 Å². The minimum atomic E-state index is -1.37. The first-order valence-electron chi connectivity index (χ1n) is 6.42. The highest BCUT2D eigenvalue weighted by atomic mass is 16.7. The SMILES string of the molecule is CC(C)[C@@H]1NC(Cc2ccccc2OC(=O)O)OC1=O. The monoisotopic (exact) mass is 279 g/mol. The Morgan fingerprint density at radius 2 is 2.15 bits per heavy atom. The van der Waals surface area contributed by atoms with Gasteiger partial charge in [0.15, 0.2) is 6.23 Å². The van der Waals surface area contributed by atoms with E-state index >= 15 is 0 Å². The lowest BCUT2D eigenvalue weighted by Gasteiger charge is -2.14. The summed E-state index contributed by atoms with van der Waals surface area (Å²) < 4.78 is 9.95. The molecule has 2 rings (SSSR count). The van der Waals surface area contributed by atoms with Gasteiger partial charge in [0.2, 0.25) is 0 Å². The first kappa shape index (κ1) is 14.3. The molecule has 6 nitrogen and oxygen atoms in total. The molecule has 1 saturated heterocycles. The van der Waals surface area contributed by atoms with Crippen LogP contribution in [0.5, 0.6) is 5.75 Å². The van der Waals surface area contributed by atoms with E-state index in [2.05, 4.69) is 5.32 Å². The van der Waals surface area contributed by atoms with Crippen LogP contribution in [-0.2, 0) is 16.0 Å². The number of cyclic esters (lactones) is 1. The zero-order valence-electron chi connectivity index (χ0n) is 11.3. The van der Waals surface area contributed by atoms with Crippen LogP contribution in [0.3, 0.4) is 0 Å². The van der Waals surface area contributed by atoms with E-state index in [0.29, 0.717) is 12.0 Å². The van der Waals surface area contributed by atoms with Crippen LogP contribution in [0.4, 0.5) is 4.79 Å². The minimum Gasteiger partial charge on any atom is -0.449 e. The van der Waals surface area contributed by atoms with Crippen LogP contribution in [-0.4, -0.2) is 29.5 Å². The van der Waals surface area contributed by atoms with Gasteiger partial charge < -0.3 is 14.6 Å². The molecular formula is C14H17NO5. The molecule has 0 radical (unpaired) electrons. The average Bonchev–Trinajstić information content (AvgIpc) is 2.72. The van der Waals surface area contributed by atoms with Crippen molar-refractivity contribution in [3.63, 3.8) is 0 Å². The van der Waals surface area contributed by atoms with Crippen molar-refractivity contribution in [3.8, 4) is 5.75 Å². The summed E-state index contributed by atoms with van der Waals surface area (Å²) in [6, 6.07) is 6.46. The number of rotatable bonds is 4. The molecule has 2 N–H and O–H groups in total. The molecule has 0 aromatic heterocycles. The van der Waals surface area contributed by atoms with E-state index < -0.39 is 12.4 Å². The molecule has 1 aromatic carbocycles. The number of carbonyl (C=O) groups is 2. The lowest BCUT2D eigenvalue weighted by Crippen LogP contribution is -2.36. The van der Waals surface area contributed by atoms with E-state index in [-0.39, 0.29) is 23.7 Å². The van der Waals surface area contributed by atoms with Crippen LogP contribution in [0, 0.1) is 5.92 Å². The maximum absolute atomic E-state index is 11.7. The molecule has 20 heavy (non-hydrogen) atoms. The Morgan fingerprint density at radius 3 is 2.75 bits per heavy atom. The van der Waals surface area contributed by atoms with Gasteiger partial charge in [-0.05, 0) is 12.0 Å². The van der Waals surface area contributed by atoms with Crippen molar-refractivity contribution in [2.45, 2.75) is 32.5 Å². The van der Waals surface area contributed by atoms with Crippen molar-refractivity contribution in [1.82, 2.24) is 5.32 Å². The van der Waals surface area contributed by atoms with E-state index in [1.807, 2.05) is 13.8 Å². The maximum atomic E-state index is 11.7. The van der Waals surface area contributed by atoms with Crippen LogP contribution in [0.2, 0.25) is 0 Å². The number of benzene rings is 1. The molecule has 1 aromatic rings. The van der Waals surface area contributed by atoms with Gasteiger partial charge >= 0.3 is 12.1 Å². The van der Waals surface area contributed by atoms with E-state index in [0.717, 1.165) is 0 Å². The second kappa shape index (κ2) is 5.92. The highest BCUT2D eigenvalue weighted by Gasteiger charge is 2.35. The zero-order valence-corrected chi connectivity index (χ0v) is 11.3. The smallest absolute Gasteiger partial charge is 0.449 e. The van der Waals surface area contributed by atoms with Gasteiger partial charge in [-0.25, -0.2) is 4.79 Å². The summed E-state index contributed by atoms with van der Waals surface area (Å²) in [5.74, 6) is 0.116. The summed E-state index contributed by atoms with van der Waals surface area (Å²) in [5, 5.41) is 11.8. The molecule has 0 bridgehead atoms. The van der Waals surface area contributed by atoms with Gasteiger partial charge in [0, 0.05) is 12.0 Å². The summed E-state index contributed by atoms with van der Waals surface area (Å²) in [4.78, 5) is 22.3. The van der Waals surface area contributed by atoms with Crippen molar-refractivity contribution in [2.24, 2.45) is 5.92 Å². The Balaban J connectivity index is 2.08. The zero-order chi connectivity index (χ0) is 14.7. The number of ether oxygens (including phenoxy) is 2. The number of esters is 1. The molecule has 0 aliphatic carbocycles. The molecule has 1 aliphatic heterocycles. The third-order valence-electron chi connectivity index (χ3n) is 3.12. The molecular weight excluding hydrogens is 262 g/mol. The van der Waals surface area contributed by atoms with Gasteiger partial charge in [-0.3, -0.25) is 10.1 Å². The quantitative estimate of drug-likeness (QED) is 0.645. The molecule has 1 heterocycles. The Morgan fingerprint density at radius 1 is 1.45 bits per heavy atom. The first-order chi connectivity index (χ1) is 9.47. The van der Waals surface area contributed by atoms with Gasteiger partial charge in [-0.1, -0.05) is 32.0 Å². The van der Waals surface area contributed by atoms with Crippen molar-refractivity contribution in [2.75, 3.05) is 0 Å². The normalized spacial score (nSPS) is 21.9. The number of hydrogen-bond acceptors (Lipinski definition) is 5. The number of carbonyl (C=O) groups excluding carboxylic acids is 1. The van der Waals surface area contributed by atoms with Crippen LogP contribution >= 0.6 is 0 Å². The fourth-order valence-electron chi connectivity index (χ4n) is 2.15. The second-order valence-electron chi connectivity index (χ2n) is 4.99. The van der Waals surface area contributed by atoms with E-state index in [1.165, 1.54) is 0 Å². The summed E-state index contributed by atoms with van der Waals surface area (Å²) >= 11 is 0. The topological polar surface area (TPSA) is 84.9 Å². The molecule has 1 unspecified atom stereocenters. The second-order valence-corrected chi connectivity index (χ2v) is 4.99. The molecule has 2 atom stereocenters. The predicted octanol–water partition coefficient (Wildman–Crippen LogP) is 1.78. The lowest BCUT2D eigenvalue weighted by atomic mass is 10.1. The Hall–Kier alpha value is -2.08. The van der Waals surface area contributed by atoms with Crippen LogP contribution in [0.15, 0.2) is 24.3 Å². The van der Waals surface area contributed by atoms with Crippen molar-refractivity contribution < 1.29 is 24.2 Å². The van der Waals surface area contributed by atoms with Crippen molar-refractivity contribution >= 4 is 12.1 Å². The van der Waals surface area contributed by atoms with E-state index in [9.17, 15) is 9.59 Å². The molecule has 1 fully saturated rings. The average molecular weight is 279 g/mol. The predicted molar refractivity (Wildman–Crippen MR) is 70.4 cm³/mol.